The second kappa shape index (κ2) is 11.4. The number of carbonyl (C=O) groups is 1. The summed E-state index contributed by atoms with van der Waals surface area (Å²) < 4.78 is 1.16. The molecule has 2 N–H and O–H groups in total. The van der Waals surface area contributed by atoms with E-state index in [1.165, 1.54) is 11.1 Å². The Bertz CT molecular complexity index is 2270. The molecule has 0 saturated heterocycles. The lowest BCUT2D eigenvalue weighted by molar-refractivity contribution is 0.0919. The number of H-pyrrole nitrogens is 2. The fourth-order valence-corrected chi connectivity index (χ4v) is 6.78. The molecule has 242 valence electrons. The molecule has 0 atom stereocenters. The summed E-state index contributed by atoms with van der Waals surface area (Å²) in [7, 11) is 0. The van der Waals surface area contributed by atoms with Crippen molar-refractivity contribution in [1.29, 1.82) is 0 Å². The first-order valence-corrected chi connectivity index (χ1v) is 17.6. The van der Waals surface area contributed by atoms with E-state index in [-0.39, 0.29) is 16.6 Å². The van der Waals surface area contributed by atoms with E-state index in [4.69, 9.17) is 9.97 Å². The first-order chi connectivity index (χ1) is 22.6. The van der Waals surface area contributed by atoms with Gasteiger partial charge in [-0.1, -0.05) is 71.9 Å². The van der Waals surface area contributed by atoms with Crippen molar-refractivity contribution >= 4 is 62.6 Å². The maximum atomic E-state index is 13.7. The van der Waals surface area contributed by atoms with Gasteiger partial charge in [0, 0.05) is 36.8 Å². The van der Waals surface area contributed by atoms with Crippen molar-refractivity contribution in [2.24, 2.45) is 0 Å². The summed E-state index contributed by atoms with van der Waals surface area (Å²) in [6.45, 7) is 17.5. The van der Waals surface area contributed by atoms with Gasteiger partial charge < -0.3 is 9.97 Å². The van der Waals surface area contributed by atoms with Crippen LogP contribution in [0.5, 0.6) is 0 Å². The molecule has 3 aromatic heterocycles. The minimum atomic E-state index is -0.754. The predicted octanol–water partition coefficient (Wildman–Crippen LogP) is 11.2. The number of hydrogen-bond acceptors (Lipinski definition) is 3. The van der Waals surface area contributed by atoms with Gasteiger partial charge in [0.1, 0.15) is 5.69 Å². The number of halogens is 1. The molecule has 2 aromatic carbocycles. The molecule has 0 fully saturated rings. The Balaban J connectivity index is 1.65. The van der Waals surface area contributed by atoms with Crippen LogP contribution in [0.3, 0.4) is 0 Å². The molecule has 48 heavy (non-hydrogen) atoms. The van der Waals surface area contributed by atoms with Crippen molar-refractivity contribution in [3.05, 3.63) is 116 Å². The van der Waals surface area contributed by atoms with Crippen molar-refractivity contribution in [1.82, 2.24) is 19.9 Å². The van der Waals surface area contributed by atoms with Gasteiger partial charge in [0.2, 0.25) is 0 Å². The highest BCUT2D eigenvalue weighted by Gasteiger charge is 2.38. The number of rotatable bonds is 2. The molecule has 2 aliphatic heterocycles. The first-order valence-electron chi connectivity index (χ1n) is 16.5. The van der Waals surface area contributed by atoms with Crippen molar-refractivity contribution in [3.8, 4) is 22.3 Å². The topological polar surface area (TPSA) is 74.4 Å². The van der Waals surface area contributed by atoms with Crippen LogP contribution >= 0.6 is 22.6 Å². The number of nitrogens with zero attached hydrogens (tertiary/aromatic N) is 2. The monoisotopic (exact) mass is 744 g/mol. The summed E-state index contributed by atoms with van der Waals surface area (Å²) in [6, 6.07) is 27.6. The lowest BCUT2D eigenvalue weighted by Crippen LogP contribution is -2.23. The smallest absolute Gasteiger partial charge is 0.192 e. The van der Waals surface area contributed by atoms with E-state index in [0.29, 0.717) is 5.69 Å². The molecule has 0 amide bonds. The maximum absolute atomic E-state index is 13.7. The van der Waals surface area contributed by atoms with E-state index < -0.39 is 5.41 Å². The molecule has 6 heteroatoms. The molecule has 0 saturated carbocycles. The molecule has 8 bridgehead atoms. The maximum Gasteiger partial charge on any atom is 0.192 e. The van der Waals surface area contributed by atoms with E-state index in [0.717, 1.165) is 65.0 Å². The number of aromatic nitrogens is 4. The zero-order valence-electron chi connectivity index (χ0n) is 28.8. The van der Waals surface area contributed by atoms with E-state index in [1.54, 1.807) is 0 Å². The highest BCUT2D eigenvalue weighted by atomic mass is 127. The molecule has 5 nitrogen and oxygen atoms in total. The Kier molecular flexibility index (Phi) is 7.66. The van der Waals surface area contributed by atoms with Crippen molar-refractivity contribution < 1.29 is 4.79 Å². The van der Waals surface area contributed by atoms with Gasteiger partial charge in [-0.15, -0.1) is 0 Å². The molecule has 0 unspecified atom stereocenters. The quantitative estimate of drug-likeness (QED) is 0.173. The molecule has 5 heterocycles. The summed E-state index contributed by atoms with van der Waals surface area (Å²) in [5.41, 5.74) is 12.4. The molecule has 0 spiro atoms. The fourth-order valence-electron chi connectivity index (χ4n) is 6.42. The van der Waals surface area contributed by atoms with Crippen molar-refractivity contribution in [2.45, 2.75) is 71.6 Å². The third-order valence-corrected chi connectivity index (χ3v) is 10.2. The number of hydrogen-bond donors (Lipinski definition) is 2. The normalized spacial score (nSPS) is 14.5. The van der Waals surface area contributed by atoms with Crippen LogP contribution in [-0.2, 0) is 16.2 Å². The summed E-state index contributed by atoms with van der Waals surface area (Å²) in [5.74, 6) is 0.00529. The highest BCUT2D eigenvalue weighted by Crippen LogP contribution is 2.39. The minimum absolute atomic E-state index is 0.00529. The lowest BCUT2D eigenvalue weighted by Gasteiger charge is -2.26. The number of Topliss-reactive ketones (excluding diaryl/α,β-unsaturated/α-hetero) is 1. The third-order valence-electron chi connectivity index (χ3n) is 9.46. The molecule has 2 aliphatic rings. The van der Waals surface area contributed by atoms with Gasteiger partial charge in [0.25, 0.3) is 0 Å². The summed E-state index contributed by atoms with van der Waals surface area (Å²) >= 11 is 2.34. The third kappa shape index (κ3) is 5.85. The lowest BCUT2D eigenvalue weighted by atomic mass is 9.79. The average Bonchev–Trinajstić information content (AvgIpc) is 3.81. The number of fused-ring (bicyclic) bond motifs is 8. The minimum Gasteiger partial charge on any atom is -0.355 e. The Labute approximate surface area is 296 Å². The second-order valence-electron chi connectivity index (χ2n) is 15.6. The molecule has 5 aromatic rings. The Morgan fingerprint density at radius 2 is 1.15 bits per heavy atom. The Morgan fingerprint density at radius 1 is 0.625 bits per heavy atom. The molecular formula is C42H41IN4O. The number of ketones is 1. The molecule has 0 radical (unpaired) electrons. The zero-order valence-corrected chi connectivity index (χ0v) is 31.0. The summed E-state index contributed by atoms with van der Waals surface area (Å²) in [5, 5.41) is 0. The van der Waals surface area contributed by atoms with Crippen LogP contribution in [-0.4, -0.2) is 25.7 Å². The number of carbonyl (C=O) groups excluding carboxylic acids is 1. The van der Waals surface area contributed by atoms with E-state index in [2.05, 4.69) is 147 Å². The van der Waals surface area contributed by atoms with Crippen LogP contribution < -0.4 is 0 Å². The van der Waals surface area contributed by atoms with Crippen LogP contribution in [0.15, 0.2) is 78.9 Å². The van der Waals surface area contributed by atoms with E-state index >= 15 is 0 Å². The number of benzene rings is 2. The van der Waals surface area contributed by atoms with Crippen LogP contribution in [0, 0.1) is 3.57 Å². The second-order valence-corrected chi connectivity index (χ2v) is 16.8. The highest BCUT2D eigenvalue weighted by molar-refractivity contribution is 14.1. The predicted molar refractivity (Wildman–Crippen MR) is 208 cm³/mol. The Hall–Kier alpha value is -4.30. The van der Waals surface area contributed by atoms with Crippen LogP contribution in [0.1, 0.15) is 94.1 Å². The van der Waals surface area contributed by atoms with E-state index in [9.17, 15) is 4.79 Å². The molecule has 0 aliphatic carbocycles. The van der Waals surface area contributed by atoms with Crippen molar-refractivity contribution in [2.75, 3.05) is 0 Å². The summed E-state index contributed by atoms with van der Waals surface area (Å²) in [4.78, 5) is 31.2. The largest absolute Gasteiger partial charge is 0.355 e. The fraction of sp³-hybridized carbons (Fsp3) is 0.262. The van der Waals surface area contributed by atoms with Gasteiger partial charge >= 0.3 is 0 Å². The average molecular weight is 745 g/mol. The summed E-state index contributed by atoms with van der Waals surface area (Å²) in [6.07, 6.45) is 4.26. The standard InChI is InChI=1S/C42H41IN4O/c1-40(2,3)26-19-25(20-27(21-26)41(4,5)6)38-32-16-14-30(45-32)23-36-42(7,8)39(48)35(47-36)22-29-13-15-31(44-29)37(33-17-18-34(38)46-33)24-9-11-28(43)12-10-24/h9-23,44-45H,1-8H3. The van der Waals surface area contributed by atoms with Crippen molar-refractivity contribution in [3.63, 3.8) is 0 Å². The zero-order chi connectivity index (χ0) is 34.2. The number of nitrogens with one attached hydrogen (secondary N) is 2. The molecule has 7 rings (SSSR count). The Morgan fingerprint density at radius 3 is 1.69 bits per heavy atom. The SMILES string of the molecule is CC(C)(C)c1cc(-c2c3nc(c(-c4ccc(I)cc4)c4ccc(cc5nc(cc6ccc2[nH]6)C(C)(C)C5=O)[nH]4)C=C3)cc(C(C)(C)C)c1. The first kappa shape index (κ1) is 32.3. The van der Waals surface area contributed by atoms with Gasteiger partial charge in [0.15, 0.2) is 5.78 Å². The molecular weight excluding hydrogens is 703 g/mol. The van der Waals surface area contributed by atoms with Gasteiger partial charge in [-0.25, -0.2) is 9.97 Å². The van der Waals surface area contributed by atoms with Crippen LogP contribution in [0.2, 0.25) is 0 Å². The van der Waals surface area contributed by atoms with Crippen LogP contribution in [0.4, 0.5) is 0 Å². The van der Waals surface area contributed by atoms with Gasteiger partial charge in [-0.05, 0) is 130 Å². The van der Waals surface area contributed by atoms with Gasteiger partial charge in [-0.2, -0.15) is 0 Å². The van der Waals surface area contributed by atoms with Gasteiger partial charge in [-0.3, -0.25) is 4.79 Å². The van der Waals surface area contributed by atoms with Crippen LogP contribution in [0.25, 0.3) is 56.5 Å². The number of aromatic amines is 2. The van der Waals surface area contributed by atoms with Gasteiger partial charge in [0.05, 0.1) is 22.5 Å². The van der Waals surface area contributed by atoms with E-state index in [1.807, 2.05) is 32.0 Å².